The first kappa shape index (κ1) is 12.4. The second-order valence-corrected chi connectivity index (χ2v) is 2.25. The third kappa shape index (κ3) is 4.27. The zero-order valence-corrected chi connectivity index (χ0v) is 9.69. The van der Waals surface area contributed by atoms with Gasteiger partial charge < -0.3 is 6.16 Å². The zero-order valence-electron chi connectivity index (χ0n) is 8.69. The molecule has 0 fully saturated rings. The number of carbonyl (C=O) groups is 1. The molecule has 0 aromatic heterocycles. The van der Waals surface area contributed by atoms with E-state index >= 15 is 0 Å². The van der Waals surface area contributed by atoms with Gasteiger partial charge in [-0.05, 0) is 12.1 Å². The Balaban J connectivity index is 0. The number of hydrogen-bond acceptors (Lipinski definition) is 2. The van der Waals surface area contributed by atoms with E-state index in [4.69, 9.17) is 4.74 Å². The Morgan fingerprint density at radius 1 is 1.46 bits per heavy atom. The van der Waals surface area contributed by atoms with Gasteiger partial charge in [-0.15, -0.1) is 0 Å². The Morgan fingerprint density at radius 2 is 2.08 bits per heavy atom. The predicted octanol–water partition coefficient (Wildman–Crippen LogP) is -0.854. The Labute approximate surface area is 101 Å². The van der Waals surface area contributed by atoms with Crippen LogP contribution >= 0.6 is 0 Å². The van der Waals surface area contributed by atoms with Crippen molar-refractivity contribution < 1.29 is 40.5 Å². The molecule has 0 radical (unpaired) electrons. The van der Waals surface area contributed by atoms with Crippen LogP contribution in [0.4, 0.5) is 0 Å². The maximum atomic E-state index is 11.1. The maximum Gasteiger partial charge on any atom is 1.00 e. The fraction of sp³-hybridized carbons (Fsp3) is 0.100. The summed E-state index contributed by atoms with van der Waals surface area (Å²) in [4.78, 5) is 11.1. The topological polar surface area (TPSA) is 26.3 Å². The summed E-state index contributed by atoms with van der Waals surface area (Å²) in [5.41, 5.74) is 0.569. The van der Waals surface area contributed by atoms with Gasteiger partial charge in [0.05, 0.1) is 5.56 Å². The molecule has 0 unspecified atom stereocenters. The third-order valence-electron chi connectivity index (χ3n) is 1.34. The van der Waals surface area contributed by atoms with Crippen LogP contribution in [0.3, 0.4) is 0 Å². The standard InChI is InChI=1S/C10H10O2.Na.H/c1-2-8-12-10(11)9-6-4-3-5-7-9;;/h2-7H,1,8H2;;/q;+1;-1. The first-order valence-corrected chi connectivity index (χ1v) is 3.67. The molecule has 2 nitrogen and oxygen atoms in total. The monoisotopic (exact) mass is 186 g/mol. The number of rotatable bonds is 3. The van der Waals surface area contributed by atoms with E-state index in [9.17, 15) is 4.79 Å². The van der Waals surface area contributed by atoms with Gasteiger partial charge >= 0.3 is 35.5 Å². The van der Waals surface area contributed by atoms with Gasteiger partial charge in [-0.1, -0.05) is 30.9 Å². The van der Waals surface area contributed by atoms with Crippen molar-refractivity contribution in [2.45, 2.75) is 0 Å². The molecule has 0 N–H and O–H groups in total. The largest absolute Gasteiger partial charge is 1.00 e. The molecule has 0 aliphatic carbocycles. The zero-order chi connectivity index (χ0) is 8.81. The molecule has 0 bridgehead atoms. The summed E-state index contributed by atoms with van der Waals surface area (Å²) in [5.74, 6) is -0.310. The molecule has 13 heavy (non-hydrogen) atoms. The van der Waals surface area contributed by atoms with E-state index in [0.717, 1.165) is 0 Å². The van der Waals surface area contributed by atoms with Gasteiger partial charge in [0.25, 0.3) is 0 Å². The SMILES string of the molecule is C=CCOC(=O)c1ccccc1.[H-].[Na+]. The summed E-state index contributed by atoms with van der Waals surface area (Å²) in [6, 6.07) is 8.87. The van der Waals surface area contributed by atoms with Crippen molar-refractivity contribution in [2.24, 2.45) is 0 Å². The fourth-order valence-corrected chi connectivity index (χ4v) is 0.792. The number of carbonyl (C=O) groups excluding carboxylic acids is 1. The molecule has 0 amide bonds. The Morgan fingerprint density at radius 3 is 2.62 bits per heavy atom. The van der Waals surface area contributed by atoms with Gasteiger partial charge in [-0.25, -0.2) is 4.79 Å². The Bertz CT molecular complexity index is 275. The minimum absolute atomic E-state index is 0. The third-order valence-corrected chi connectivity index (χ3v) is 1.34. The molecule has 64 valence electrons. The van der Waals surface area contributed by atoms with Gasteiger partial charge in [0.2, 0.25) is 0 Å². The van der Waals surface area contributed by atoms with E-state index in [0.29, 0.717) is 5.56 Å². The first-order valence-electron chi connectivity index (χ1n) is 3.67. The summed E-state index contributed by atoms with van der Waals surface area (Å²) in [6.07, 6.45) is 1.54. The Kier molecular flexibility index (Phi) is 6.59. The fourth-order valence-electron chi connectivity index (χ4n) is 0.792. The number of benzene rings is 1. The van der Waals surface area contributed by atoms with Crippen molar-refractivity contribution in [1.82, 2.24) is 0 Å². The minimum Gasteiger partial charge on any atom is -1.00 e. The average molecular weight is 186 g/mol. The van der Waals surface area contributed by atoms with E-state index < -0.39 is 0 Å². The summed E-state index contributed by atoms with van der Waals surface area (Å²) >= 11 is 0. The molecule has 1 aromatic rings. The molecule has 0 saturated carbocycles. The van der Waals surface area contributed by atoms with Crippen LogP contribution in [0, 0.1) is 0 Å². The van der Waals surface area contributed by atoms with Gasteiger partial charge in [-0.3, -0.25) is 0 Å². The van der Waals surface area contributed by atoms with E-state index in [-0.39, 0.29) is 43.6 Å². The van der Waals surface area contributed by atoms with Crippen LogP contribution in [-0.4, -0.2) is 12.6 Å². The van der Waals surface area contributed by atoms with Crippen LogP contribution in [0.25, 0.3) is 0 Å². The molecule has 1 aromatic carbocycles. The molecule has 3 heteroatoms. The molecular weight excluding hydrogens is 175 g/mol. The van der Waals surface area contributed by atoms with Crippen LogP contribution in [-0.2, 0) is 4.74 Å². The van der Waals surface area contributed by atoms with Crippen molar-refractivity contribution >= 4 is 5.97 Å². The molecule has 0 heterocycles. The van der Waals surface area contributed by atoms with E-state index in [1.54, 1.807) is 30.3 Å². The summed E-state index contributed by atoms with van der Waals surface area (Å²) in [5, 5.41) is 0. The molecule has 0 aliphatic rings. The van der Waals surface area contributed by atoms with Crippen molar-refractivity contribution in [2.75, 3.05) is 6.61 Å². The number of esters is 1. The maximum absolute atomic E-state index is 11.1. The second kappa shape index (κ2) is 6.89. The normalized spacial score (nSPS) is 8.31. The number of hydrogen-bond donors (Lipinski definition) is 0. The van der Waals surface area contributed by atoms with Crippen LogP contribution in [0.1, 0.15) is 11.8 Å². The quantitative estimate of drug-likeness (QED) is 0.349. The minimum atomic E-state index is -0.310. The molecular formula is C10H11NaO2. The van der Waals surface area contributed by atoms with Crippen molar-refractivity contribution in [1.29, 1.82) is 0 Å². The summed E-state index contributed by atoms with van der Waals surface area (Å²) in [7, 11) is 0. The van der Waals surface area contributed by atoms with E-state index in [1.807, 2.05) is 6.07 Å². The van der Waals surface area contributed by atoms with Crippen LogP contribution in [0.5, 0.6) is 0 Å². The van der Waals surface area contributed by atoms with Gasteiger partial charge in [-0.2, -0.15) is 0 Å². The van der Waals surface area contributed by atoms with Gasteiger partial charge in [0.1, 0.15) is 6.61 Å². The van der Waals surface area contributed by atoms with Crippen molar-refractivity contribution in [3.05, 3.63) is 48.6 Å². The second-order valence-electron chi connectivity index (χ2n) is 2.25. The first-order chi connectivity index (χ1) is 5.84. The summed E-state index contributed by atoms with van der Waals surface area (Å²) in [6.45, 7) is 3.71. The average Bonchev–Trinajstić information content (AvgIpc) is 2.15. The molecule has 0 aliphatic heterocycles. The summed E-state index contributed by atoms with van der Waals surface area (Å²) < 4.78 is 4.82. The van der Waals surface area contributed by atoms with Crippen molar-refractivity contribution in [3.63, 3.8) is 0 Å². The van der Waals surface area contributed by atoms with E-state index in [2.05, 4.69) is 6.58 Å². The number of ether oxygens (including phenoxy) is 1. The molecule has 1 rings (SSSR count). The molecule has 0 saturated heterocycles. The van der Waals surface area contributed by atoms with Crippen LogP contribution < -0.4 is 29.6 Å². The van der Waals surface area contributed by atoms with E-state index in [1.165, 1.54) is 0 Å². The smallest absolute Gasteiger partial charge is 1.00 e. The van der Waals surface area contributed by atoms with Crippen LogP contribution in [0.15, 0.2) is 43.0 Å². The Hall–Kier alpha value is -0.570. The van der Waals surface area contributed by atoms with Gasteiger partial charge in [0.15, 0.2) is 0 Å². The predicted molar refractivity (Wildman–Crippen MR) is 48.0 cm³/mol. The van der Waals surface area contributed by atoms with Gasteiger partial charge in [0, 0.05) is 0 Å². The van der Waals surface area contributed by atoms with Crippen molar-refractivity contribution in [3.8, 4) is 0 Å². The van der Waals surface area contributed by atoms with Crippen LogP contribution in [0.2, 0.25) is 0 Å². The molecule has 0 atom stereocenters. The molecule has 0 spiro atoms.